The van der Waals surface area contributed by atoms with E-state index < -0.39 is 40.7 Å². The average Bonchev–Trinajstić information content (AvgIpc) is 3.62. The number of nitrogens with one attached hydrogen (secondary N) is 1. The molecule has 296 valence electrons. The van der Waals surface area contributed by atoms with E-state index in [2.05, 4.69) is 24.1 Å². The zero-order chi connectivity index (χ0) is 38.8. The van der Waals surface area contributed by atoms with Crippen molar-refractivity contribution in [1.82, 2.24) is 14.9 Å². The van der Waals surface area contributed by atoms with Crippen molar-refractivity contribution in [2.24, 2.45) is 35.6 Å². The molecule has 13 nitrogen and oxygen atoms in total. The van der Waals surface area contributed by atoms with Gasteiger partial charge in [-0.05, 0) is 92.6 Å². The molecule has 54 heavy (non-hydrogen) atoms. The van der Waals surface area contributed by atoms with Crippen LogP contribution < -0.4 is 10.9 Å². The lowest BCUT2D eigenvalue weighted by atomic mass is 9.43. The molecule has 4 aliphatic carbocycles. The van der Waals surface area contributed by atoms with Crippen molar-refractivity contribution in [1.29, 1.82) is 0 Å². The number of aliphatic carboxylic acids is 1. The fourth-order valence-corrected chi connectivity index (χ4v) is 11.2. The lowest BCUT2D eigenvalue weighted by Crippen LogP contribution is -2.62. The van der Waals surface area contributed by atoms with Gasteiger partial charge in [0.1, 0.15) is 18.2 Å². The van der Waals surface area contributed by atoms with Crippen LogP contribution in [-0.4, -0.2) is 67.4 Å². The van der Waals surface area contributed by atoms with E-state index in [0.29, 0.717) is 37.3 Å². The van der Waals surface area contributed by atoms with Crippen LogP contribution in [0.15, 0.2) is 40.1 Å². The van der Waals surface area contributed by atoms with Gasteiger partial charge in [-0.1, -0.05) is 26.7 Å². The van der Waals surface area contributed by atoms with E-state index in [1.165, 1.54) is 19.3 Å². The molecule has 2 aromatic rings. The highest BCUT2D eigenvalue weighted by molar-refractivity contribution is 5.83. The first-order valence-corrected chi connectivity index (χ1v) is 19.8. The van der Waals surface area contributed by atoms with Crippen LogP contribution in [0.1, 0.15) is 128 Å². The maximum absolute atomic E-state index is 12.9. The van der Waals surface area contributed by atoms with Crippen molar-refractivity contribution in [2.45, 2.75) is 147 Å². The molecule has 0 spiro atoms. The first-order valence-electron chi connectivity index (χ1n) is 19.8. The van der Waals surface area contributed by atoms with Gasteiger partial charge in [-0.2, -0.15) is 0 Å². The number of esters is 2. The van der Waals surface area contributed by atoms with Gasteiger partial charge in [0.15, 0.2) is 0 Å². The number of aromatic nitrogens is 2. The number of aryl methyl sites for hydroxylation is 1. The molecular formula is C41H57N3O10. The number of ether oxygens (including phenoxy) is 2. The van der Waals surface area contributed by atoms with Crippen LogP contribution in [0.5, 0.6) is 0 Å². The third-order valence-corrected chi connectivity index (χ3v) is 13.8. The summed E-state index contributed by atoms with van der Waals surface area (Å²) in [6.07, 6.45) is 13.9. The van der Waals surface area contributed by atoms with Crippen LogP contribution in [0.25, 0.3) is 0 Å². The summed E-state index contributed by atoms with van der Waals surface area (Å²) in [6.45, 7) is 5.88. The van der Waals surface area contributed by atoms with E-state index in [1.54, 1.807) is 30.2 Å². The van der Waals surface area contributed by atoms with E-state index in [4.69, 9.17) is 13.9 Å². The molecule has 6 rings (SSSR count). The Bertz CT molecular complexity index is 1740. The van der Waals surface area contributed by atoms with Gasteiger partial charge in [-0.15, -0.1) is 0 Å². The van der Waals surface area contributed by atoms with Crippen molar-refractivity contribution in [3.63, 3.8) is 0 Å². The van der Waals surface area contributed by atoms with Crippen molar-refractivity contribution < 1.29 is 43.3 Å². The Morgan fingerprint density at radius 1 is 1.02 bits per heavy atom. The molecule has 0 saturated heterocycles. The number of carboxylic acids is 1. The standard InChI is InChI=1S/C41H57N3O10/c1-25(45)53-33-21-41(51)31-13-12-27-19-29(15-17-39(27,2)30(31)16-18-40(41,3)37(33)26-11-14-35(47)52-23-26)54-36(48)10-8-6-5-7-9-34(46)43-32(38(49)50)20-28-22-44(4)24-42-28/h11,14,22-24,27,29-33,37,51H,5-10,12-13,15-21H2,1-4H3,(H,43,46)(H,49,50)/t27-,29+,30+,31-,32+,33+,37+,39+,40-,41+/m1/s1. The van der Waals surface area contributed by atoms with Crippen LogP contribution in [0.4, 0.5) is 0 Å². The summed E-state index contributed by atoms with van der Waals surface area (Å²) in [5, 5.41) is 24.9. The van der Waals surface area contributed by atoms with Crippen molar-refractivity contribution >= 4 is 23.8 Å². The SMILES string of the molecule is CC(=O)O[C@H]1C[C@]2(O)[C@@H]3CC[C@@H]4C[C@@H](OC(=O)CCCCCCC(=O)N[C@@H](Cc5cn(C)cn5)C(=O)O)CC[C@]4(C)[C@H]3CC[C@]2(C)[C@H]1c1ccc(=O)oc1. The molecule has 3 N–H and O–H groups in total. The molecule has 0 aromatic carbocycles. The average molecular weight is 752 g/mol. The number of nitrogens with zero attached hydrogens (tertiary/aromatic N) is 2. The Morgan fingerprint density at radius 3 is 2.44 bits per heavy atom. The second-order valence-corrected chi connectivity index (χ2v) is 17.1. The molecule has 4 fully saturated rings. The Kier molecular flexibility index (Phi) is 11.8. The monoisotopic (exact) mass is 751 g/mol. The van der Waals surface area contributed by atoms with Gasteiger partial charge in [0.05, 0.1) is 23.9 Å². The first kappa shape index (κ1) is 39.7. The second-order valence-electron chi connectivity index (χ2n) is 17.1. The lowest BCUT2D eigenvalue weighted by Gasteiger charge is -2.63. The van der Waals surface area contributed by atoms with Gasteiger partial charge in [-0.25, -0.2) is 14.6 Å². The summed E-state index contributed by atoms with van der Waals surface area (Å²) in [4.78, 5) is 65.1. The minimum Gasteiger partial charge on any atom is -0.480 e. The summed E-state index contributed by atoms with van der Waals surface area (Å²) in [7, 11) is 1.80. The van der Waals surface area contributed by atoms with E-state index in [0.717, 1.165) is 63.4 Å². The quantitative estimate of drug-likeness (QED) is 0.170. The van der Waals surface area contributed by atoms with Gasteiger partial charge < -0.3 is 34.0 Å². The molecule has 2 heterocycles. The molecule has 13 heteroatoms. The molecule has 2 aromatic heterocycles. The number of hydrogen-bond acceptors (Lipinski definition) is 10. The van der Waals surface area contributed by atoms with Crippen LogP contribution in [0.2, 0.25) is 0 Å². The Hall–Kier alpha value is -4.00. The number of carbonyl (C=O) groups excluding carboxylic acids is 3. The summed E-state index contributed by atoms with van der Waals surface area (Å²) in [5.74, 6) is -1.59. The number of fused-ring (bicyclic) bond motifs is 5. The summed E-state index contributed by atoms with van der Waals surface area (Å²) >= 11 is 0. The zero-order valence-electron chi connectivity index (χ0n) is 32.1. The molecule has 4 saturated carbocycles. The van der Waals surface area contributed by atoms with Gasteiger partial charge in [0, 0.05) is 63.3 Å². The van der Waals surface area contributed by atoms with Gasteiger partial charge in [0.2, 0.25) is 5.91 Å². The molecule has 10 atom stereocenters. The highest BCUT2D eigenvalue weighted by atomic mass is 16.5. The highest BCUT2D eigenvalue weighted by Gasteiger charge is 2.70. The topological polar surface area (TPSA) is 187 Å². The van der Waals surface area contributed by atoms with Crippen molar-refractivity contribution in [3.05, 3.63) is 52.6 Å². The Morgan fingerprint density at radius 2 is 1.78 bits per heavy atom. The number of imidazole rings is 1. The molecule has 0 radical (unpaired) electrons. The zero-order valence-corrected chi connectivity index (χ0v) is 32.1. The molecule has 0 bridgehead atoms. The highest BCUT2D eigenvalue weighted by Crippen LogP contribution is 2.71. The van der Waals surface area contributed by atoms with Crippen molar-refractivity contribution in [2.75, 3.05) is 0 Å². The molecular weight excluding hydrogens is 694 g/mol. The Labute approximate surface area is 316 Å². The number of amides is 1. The maximum Gasteiger partial charge on any atom is 0.335 e. The molecule has 4 aliphatic rings. The molecule has 0 aliphatic heterocycles. The third kappa shape index (κ3) is 8.02. The van der Waals surface area contributed by atoms with E-state index in [9.17, 15) is 34.2 Å². The number of unbranched alkanes of at least 4 members (excludes halogenated alkanes) is 3. The minimum absolute atomic E-state index is 0.00729. The second kappa shape index (κ2) is 16.0. The van der Waals surface area contributed by atoms with E-state index in [-0.39, 0.29) is 54.0 Å². The number of rotatable bonds is 14. The molecule has 1 amide bonds. The fraction of sp³-hybridized carbons (Fsp3) is 0.707. The van der Waals surface area contributed by atoms with E-state index >= 15 is 0 Å². The largest absolute Gasteiger partial charge is 0.480 e. The summed E-state index contributed by atoms with van der Waals surface area (Å²) in [5.41, 5.74) is -0.710. The van der Waals surface area contributed by atoms with Gasteiger partial charge in [0.25, 0.3) is 0 Å². The van der Waals surface area contributed by atoms with Crippen molar-refractivity contribution in [3.8, 4) is 0 Å². The maximum atomic E-state index is 12.9. The lowest BCUT2D eigenvalue weighted by molar-refractivity contribution is -0.207. The summed E-state index contributed by atoms with van der Waals surface area (Å²) < 4.78 is 18.9. The fourth-order valence-electron chi connectivity index (χ4n) is 11.2. The number of carbonyl (C=O) groups is 4. The van der Waals surface area contributed by atoms with Crippen LogP contribution in [0.3, 0.4) is 0 Å². The predicted octanol–water partition coefficient (Wildman–Crippen LogP) is 5.22. The minimum atomic E-state index is -1.10. The smallest absolute Gasteiger partial charge is 0.335 e. The van der Waals surface area contributed by atoms with Gasteiger partial charge >= 0.3 is 23.5 Å². The predicted molar refractivity (Wildman–Crippen MR) is 196 cm³/mol. The van der Waals surface area contributed by atoms with Crippen LogP contribution in [-0.2, 0) is 42.1 Å². The third-order valence-electron chi connectivity index (χ3n) is 13.8. The van der Waals surface area contributed by atoms with E-state index in [1.807, 2.05) is 0 Å². The summed E-state index contributed by atoms with van der Waals surface area (Å²) in [6, 6.07) is 2.10. The first-order chi connectivity index (χ1) is 25.6. The number of aliphatic hydroxyl groups is 1. The number of carboxylic acid groups (broad SMARTS) is 1. The van der Waals surface area contributed by atoms with Gasteiger partial charge in [-0.3, -0.25) is 14.4 Å². The molecule has 0 unspecified atom stereocenters. The van der Waals surface area contributed by atoms with Crippen LogP contribution >= 0.6 is 0 Å². The normalized spacial score (nSPS) is 33.4. The van der Waals surface area contributed by atoms with Crippen LogP contribution in [0, 0.1) is 28.6 Å². The number of hydrogen-bond donors (Lipinski definition) is 3. The Balaban J connectivity index is 0.961.